The summed E-state index contributed by atoms with van der Waals surface area (Å²) in [6.45, 7) is 0. The Morgan fingerprint density at radius 2 is 0.727 bits per heavy atom. The molecule has 0 heterocycles. The normalized spacial score (nSPS) is 2.18. The monoisotopic (exact) mass is 282 g/mol. The third kappa shape index (κ3) is 13200. The summed E-state index contributed by atoms with van der Waals surface area (Å²) in [6, 6.07) is 0. The molecule has 0 aromatic rings. The molecule has 0 spiro atoms. The first kappa shape index (κ1) is 72.0. The van der Waals surface area contributed by atoms with Crippen LogP contribution in [0.25, 0.3) is 0 Å². The van der Waals surface area contributed by atoms with E-state index in [2.05, 4.69) is 0 Å². The summed E-state index contributed by atoms with van der Waals surface area (Å²) in [5, 5.41) is 11.0. The molecule has 0 fully saturated rings. The average Bonchev–Trinajstić information content (AvgIpc) is 1.78. The standard InChI is InChI=1S/2FHO.4FH.Mo.2O/c2*1-2;;;;;;;/h2*2H;4*1H;;;. The van der Waals surface area contributed by atoms with Gasteiger partial charge >= 0.3 is 25.3 Å². The summed E-state index contributed by atoms with van der Waals surface area (Å²) in [7, 11) is 0. The second-order valence-corrected chi connectivity index (χ2v) is 0.403. The van der Waals surface area contributed by atoms with Crippen LogP contribution in [0.2, 0.25) is 0 Å². The second kappa shape index (κ2) is 1220. The van der Waals surface area contributed by atoms with Crippen LogP contribution < -0.4 is 0 Å². The van der Waals surface area contributed by atoms with Crippen LogP contribution in [0.1, 0.15) is 0 Å². The predicted molar refractivity (Wildman–Crippen MR) is 18.0 cm³/mol. The fourth-order valence-corrected chi connectivity index (χ4v) is 0. The summed E-state index contributed by atoms with van der Waals surface area (Å²) in [5.41, 5.74) is 0. The molecule has 0 aliphatic heterocycles. The Morgan fingerprint density at radius 3 is 0.727 bits per heavy atom. The molecule has 0 aromatic heterocycles. The zero-order chi connectivity index (χ0) is 6.71. The molecule has 11 heteroatoms. The molecule has 0 saturated carbocycles. The van der Waals surface area contributed by atoms with Crippen LogP contribution in [-0.4, -0.2) is 10.6 Å². The minimum absolute atomic E-state index is 0. The molecule has 0 radical (unpaired) electrons. The SMILES string of the molecule is F.F.F.F.OF.OF.[O]=[Mo]=[O]. The van der Waals surface area contributed by atoms with Gasteiger partial charge in [-0.15, -0.1) is 0 Å². The van der Waals surface area contributed by atoms with E-state index in [1.807, 2.05) is 0 Å². The fourth-order valence-electron chi connectivity index (χ4n) is 0. The minimum atomic E-state index is -2.03. The maximum atomic E-state index is 8.50. The van der Waals surface area contributed by atoms with Crippen molar-refractivity contribution in [3.63, 3.8) is 0 Å². The molecule has 2 N–H and O–H groups in total. The maximum absolute atomic E-state index is 8.50. The van der Waals surface area contributed by atoms with Crippen LogP contribution in [0, 0.1) is 0 Å². The van der Waals surface area contributed by atoms with Crippen LogP contribution in [0.4, 0.5) is 27.9 Å². The van der Waals surface area contributed by atoms with Gasteiger partial charge in [-0.05, 0) is 0 Å². The molecular formula is H6F6MoO4. The van der Waals surface area contributed by atoms with Crippen molar-refractivity contribution in [1.29, 1.82) is 0 Å². The molecule has 78 valence electrons. The topological polar surface area (TPSA) is 74.6 Å². The van der Waals surface area contributed by atoms with Gasteiger partial charge in [0.1, 0.15) is 0 Å². The van der Waals surface area contributed by atoms with E-state index in [0.717, 1.165) is 0 Å². The molecule has 0 amide bonds. The molecule has 4 nitrogen and oxygen atoms in total. The van der Waals surface area contributed by atoms with Gasteiger partial charge < -0.3 is 0 Å². The zero-order valence-corrected chi connectivity index (χ0v) is 6.52. The first-order chi connectivity index (χ1) is 3.41. The summed E-state index contributed by atoms with van der Waals surface area (Å²) >= 11 is -2.03. The quantitative estimate of drug-likeness (QED) is 0.487. The van der Waals surface area contributed by atoms with E-state index in [4.69, 9.17) is 26.5 Å². The zero-order valence-electron chi connectivity index (χ0n) is 4.51. The van der Waals surface area contributed by atoms with E-state index in [1.54, 1.807) is 0 Å². The first-order valence-corrected chi connectivity index (χ1v) is 2.31. The Bertz CT molecular complexity index is 35.6. The Balaban J connectivity index is -0.00000000378. The molecule has 0 aliphatic carbocycles. The van der Waals surface area contributed by atoms with E-state index >= 15 is 0 Å². The third-order valence-corrected chi connectivity index (χ3v) is 0. The third-order valence-electron chi connectivity index (χ3n) is 0. The van der Waals surface area contributed by atoms with Crippen LogP contribution in [0.3, 0.4) is 0 Å². The van der Waals surface area contributed by atoms with Crippen LogP contribution in [0.15, 0.2) is 0 Å². The molecule has 0 saturated heterocycles. The van der Waals surface area contributed by atoms with Gasteiger partial charge in [0.15, 0.2) is 0 Å². The van der Waals surface area contributed by atoms with Gasteiger partial charge in [-0.1, -0.05) is 9.05 Å². The van der Waals surface area contributed by atoms with Crippen molar-refractivity contribution >= 4 is 0 Å². The van der Waals surface area contributed by atoms with Crippen molar-refractivity contribution < 1.29 is 63.8 Å². The Morgan fingerprint density at radius 1 is 0.727 bits per heavy atom. The molecule has 0 atom stereocenters. The molecule has 0 rings (SSSR count). The van der Waals surface area contributed by atoms with Crippen LogP contribution in [0.5, 0.6) is 0 Å². The van der Waals surface area contributed by atoms with Gasteiger partial charge in [0, 0.05) is 0 Å². The van der Waals surface area contributed by atoms with Crippen molar-refractivity contribution in [1.82, 2.24) is 0 Å². The summed E-state index contributed by atoms with van der Waals surface area (Å²) in [6.07, 6.45) is 0. The average molecular weight is 280 g/mol. The van der Waals surface area contributed by atoms with E-state index in [1.165, 1.54) is 0 Å². The Hall–Kier alpha value is -0.212. The van der Waals surface area contributed by atoms with Crippen molar-refractivity contribution in [2.24, 2.45) is 0 Å². The van der Waals surface area contributed by atoms with Gasteiger partial charge in [0.2, 0.25) is 0 Å². The molecule has 0 aliphatic rings. The molecule has 0 bridgehead atoms. The van der Waals surface area contributed by atoms with Crippen molar-refractivity contribution in [2.45, 2.75) is 0 Å². The number of hydrogen-bond donors (Lipinski definition) is 2. The van der Waals surface area contributed by atoms with Crippen molar-refractivity contribution in [2.75, 3.05) is 0 Å². The number of halogens is 6. The summed E-state index contributed by atoms with van der Waals surface area (Å²) in [5.74, 6) is 0. The van der Waals surface area contributed by atoms with Crippen LogP contribution in [-0.2, 0) is 25.3 Å². The molecule has 11 heavy (non-hydrogen) atoms. The van der Waals surface area contributed by atoms with E-state index in [-0.39, 0.29) is 18.8 Å². The Kier molecular flexibility index (Phi) is 7970. The van der Waals surface area contributed by atoms with Crippen molar-refractivity contribution in [3.05, 3.63) is 0 Å². The molecule has 0 unspecified atom stereocenters. The van der Waals surface area contributed by atoms with Crippen molar-refractivity contribution in [3.8, 4) is 0 Å². The second-order valence-electron chi connectivity index (χ2n) is 0.0680. The number of rotatable bonds is 0. The predicted octanol–water partition coefficient (Wildman–Crippen LogP) is 0.0963. The molecular weight excluding hydrogens is 274 g/mol. The van der Waals surface area contributed by atoms with Crippen LogP contribution >= 0.6 is 0 Å². The van der Waals surface area contributed by atoms with Gasteiger partial charge in [0.05, 0.1) is 0 Å². The van der Waals surface area contributed by atoms with Gasteiger partial charge in [-0.2, -0.15) is 0 Å². The van der Waals surface area contributed by atoms with E-state index < -0.39 is 18.5 Å². The Labute approximate surface area is 64.6 Å². The first-order valence-electron chi connectivity index (χ1n) is 0.671. The van der Waals surface area contributed by atoms with Gasteiger partial charge in [-0.3, -0.25) is 18.8 Å². The fraction of sp³-hybridized carbons (Fsp3) is 0. The summed E-state index contributed by atoms with van der Waals surface area (Å²) in [4.78, 5) is 0. The van der Waals surface area contributed by atoms with Gasteiger partial charge in [-0.25, -0.2) is 10.6 Å². The van der Waals surface area contributed by atoms with E-state index in [0.29, 0.717) is 0 Å². The molecule has 0 aromatic carbocycles. The summed E-state index contributed by atoms with van der Waals surface area (Å²) < 4.78 is 34.0. The van der Waals surface area contributed by atoms with Gasteiger partial charge in [0.25, 0.3) is 0 Å². The van der Waals surface area contributed by atoms with E-state index in [9.17, 15) is 0 Å². The number of hydrogen-bond acceptors (Lipinski definition) is 4.